The Morgan fingerprint density at radius 2 is 2.33 bits per heavy atom. The van der Waals surface area contributed by atoms with Crippen LogP contribution in [0.15, 0.2) is 6.20 Å². The Hall–Kier alpha value is -0.900. The van der Waals surface area contributed by atoms with Crippen LogP contribution in [0.5, 0.6) is 0 Å². The van der Waals surface area contributed by atoms with Crippen LogP contribution in [0.3, 0.4) is 0 Å². The van der Waals surface area contributed by atoms with Gasteiger partial charge in [0.2, 0.25) is 0 Å². The van der Waals surface area contributed by atoms with Crippen LogP contribution in [0.4, 0.5) is 0 Å². The predicted octanol–water partition coefficient (Wildman–Crippen LogP) is 1.35. The highest BCUT2D eigenvalue weighted by Crippen LogP contribution is 2.18. The van der Waals surface area contributed by atoms with Crippen LogP contribution in [0.1, 0.15) is 32.0 Å². The van der Waals surface area contributed by atoms with Gasteiger partial charge in [-0.2, -0.15) is 0 Å². The second-order valence-electron chi connectivity index (χ2n) is 4.90. The number of nitrogens with zero attached hydrogens (tertiary/aromatic N) is 4. The first-order valence-electron chi connectivity index (χ1n) is 5.74. The van der Waals surface area contributed by atoms with Gasteiger partial charge in [0.05, 0.1) is 5.69 Å². The van der Waals surface area contributed by atoms with E-state index >= 15 is 0 Å². The van der Waals surface area contributed by atoms with Crippen molar-refractivity contribution in [3.63, 3.8) is 0 Å². The van der Waals surface area contributed by atoms with E-state index in [1.165, 1.54) is 19.5 Å². The van der Waals surface area contributed by atoms with Gasteiger partial charge in [0, 0.05) is 18.8 Å². The third-order valence-corrected chi connectivity index (χ3v) is 3.07. The van der Waals surface area contributed by atoms with Crippen molar-refractivity contribution in [2.75, 3.05) is 20.1 Å². The monoisotopic (exact) mass is 208 g/mol. The van der Waals surface area contributed by atoms with Crippen molar-refractivity contribution in [2.24, 2.45) is 5.92 Å². The summed E-state index contributed by atoms with van der Waals surface area (Å²) in [5.41, 5.74) is 1.14. The largest absolute Gasteiger partial charge is 0.306 e. The minimum atomic E-state index is 0.414. The van der Waals surface area contributed by atoms with Gasteiger partial charge in [-0.05, 0) is 46.2 Å². The minimum Gasteiger partial charge on any atom is -0.306 e. The summed E-state index contributed by atoms with van der Waals surface area (Å²) in [6.45, 7) is 6.68. The molecular weight excluding hydrogens is 188 g/mol. The van der Waals surface area contributed by atoms with Gasteiger partial charge in [0.25, 0.3) is 0 Å². The zero-order chi connectivity index (χ0) is 10.8. The first-order valence-corrected chi connectivity index (χ1v) is 5.74. The highest BCUT2D eigenvalue weighted by Gasteiger charge is 2.20. The third kappa shape index (κ3) is 2.56. The molecule has 0 amide bonds. The SMILES string of the molecule is CC(C)n1cc(CC2CCN(C)C2)nn1. The normalized spacial score (nSPS) is 22.8. The summed E-state index contributed by atoms with van der Waals surface area (Å²) in [5, 5.41) is 8.35. The lowest BCUT2D eigenvalue weighted by Gasteiger charge is -2.07. The average Bonchev–Trinajstić information content (AvgIpc) is 2.76. The Kier molecular flexibility index (Phi) is 3.05. The van der Waals surface area contributed by atoms with Crippen LogP contribution in [-0.2, 0) is 6.42 Å². The summed E-state index contributed by atoms with van der Waals surface area (Å²) in [5.74, 6) is 0.771. The van der Waals surface area contributed by atoms with E-state index in [0.29, 0.717) is 6.04 Å². The van der Waals surface area contributed by atoms with Crippen molar-refractivity contribution in [2.45, 2.75) is 32.7 Å². The molecule has 15 heavy (non-hydrogen) atoms. The molecule has 1 atom stereocenters. The quantitative estimate of drug-likeness (QED) is 0.752. The molecule has 0 N–H and O–H groups in total. The van der Waals surface area contributed by atoms with Gasteiger partial charge < -0.3 is 4.90 Å². The van der Waals surface area contributed by atoms with Gasteiger partial charge in [-0.15, -0.1) is 5.10 Å². The number of rotatable bonds is 3. The molecule has 1 saturated heterocycles. The molecule has 2 heterocycles. The fourth-order valence-corrected chi connectivity index (χ4v) is 2.15. The summed E-state index contributed by atoms with van der Waals surface area (Å²) < 4.78 is 1.94. The molecule has 1 aromatic heterocycles. The average molecular weight is 208 g/mol. The number of likely N-dealkylation sites (tertiary alicyclic amines) is 1. The fraction of sp³-hybridized carbons (Fsp3) is 0.818. The molecule has 0 saturated carbocycles. The molecule has 1 aromatic rings. The van der Waals surface area contributed by atoms with Crippen molar-refractivity contribution < 1.29 is 0 Å². The van der Waals surface area contributed by atoms with Crippen LogP contribution in [0, 0.1) is 5.92 Å². The van der Waals surface area contributed by atoms with Crippen molar-refractivity contribution >= 4 is 0 Å². The lowest BCUT2D eigenvalue weighted by atomic mass is 10.0. The standard InChI is InChI=1S/C11H20N4/c1-9(2)15-8-11(12-13-15)6-10-4-5-14(3)7-10/h8-10H,4-7H2,1-3H3. The minimum absolute atomic E-state index is 0.414. The van der Waals surface area contributed by atoms with Gasteiger partial charge in [-0.1, -0.05) is 5.21 Å². The maximum atomic E-state index is 4.22. The molecule has 84 valence electrons. The molecule has 4 nitrogen and oxygen atoms in total. The lowest BCUT2D eigenvalue weighted by Crippen LogP contribution is -2.15. The van der Waals surface area contributed by atoms with Crippen molar-refractivity contribution in [3.8, 4) is 0 Å². The van der Waals surface area contributed by atoms with Gasteiger partial charge >= 0.3 is 0 Å². The second-order valence-corrected chi connectivity index (χ2v) is 4.90. The van der Waals surface area contributed by atoms with Gasteiger partial charge in [0.15, 0.2) is 0 Å². The second kappa shape index (κ2) is 4.31. The smallest absolute Gasteiger partial charge is 0.0830 e. The molecule has 4 heteroatoms. The van der Waals surface area contributed by atoms with E-state index in [0.717, 1.165) is 18.0 Å². The summed E-state index contributed by atoms with van der Waals surface area (Å²) in [7, 11) is 2.19. The van der Waals surface area contributed by atoms with Crippen LogP contribution >= 0.6 is 0 Å². The third-order valence-electron chi connectivity index (χ3n) is 3.07. The Balaban J connectivity index is 1.93. The molecule has 0 aromatic carbocycles. The van der Waals surface area contributed by atoms with E-state index in [4.69, 9.17) is 0 Å². The van der Waals surface area contributed by atoms with E-state index in [2.05, 4.69) is 42.3 Å². The molecule has 1 unspecified atom stereocenters. The number of hydrogen-bond acceptors (Lipinski definition) is 3. The predicted molar refractivity (Wildman–Crippen MR) is 59.7 cm³/mol. The van der Waals surface area contributed by atoms with Gasteiger partial charge in [-0.25, -0.2) is 4.68 Å². The lowest BCUT2D eigenvalue weighted by molar-refractivity contribution is 0.393. The maximum Gasteiger partial charge on any atom is 0.0830 e. The van der Waals surface area contributed by atoms with E-state index in [1.54, 1.807) is 0 Å². The van der Waals surface area contributed by atoms with E-state index in [-0.39, 0.29) is 0 Å². The Bertz CT molecular complexity index is 318. The molecule has 0 bridgehead atoms. The summed E-state index contributed by atoms with van der Waals surface area (Å²) in [6, 6.07) is 0.414. The van der Waals surface area contributed by atoms with Crippen LogP contribution in [-0.4, -0.2) is 40.0 Å². The highest BCUT2D eigenvalue weighted by molar-refractivity contribution is 4.96. The molecule has 1 aliphatic heterocycles. The zero-order valence-corrected chi connectivity index (χ0v) is 9.85. The van der Waals surface area contributed by atoms with E-state index in [9.17, 15) is 0 Å². The Labute approximate surface area is 91.3 Å². The Morgan fingerprint density at radius 3 is 2.87 bits per heavy atom. The van der Waals surface area contributed by atoms with Crippen LogP contribution < -0.4 is 0 Å². The summed E-state index contributed by atoms with van der Waals surface area (Å²) in [6.07, 6.45) is 4.46. The summed E-state index contributed by atoms with van der Waals surface area (Å²) in [4.78, 5) is 2.39. The fourth-order valence-electron chi connectivity index (χ4n) is 2.15. The zero-order valence-electron chi connectivity index (χ0n) is 9.85. The number of aromatic nitrogens is 3. The van der Waals surface area contributed by atoms with Crippen molar-refractivity contribution in [1.82, 2.24) is 19.9 Å². The van der Waals surface area contributed by atoms with Crippen molar-refractivity contribution in [1.29, 1.82) is 0 Å². The number of hydrogen-bond donors (Lipinski definition) is 0. The Morgan fingerprint density at radius 1 is 1.53 bits per heavy atom. The van der Waals surface area contributed by atoms with Gasteiger partial charge in [-0.3, -0.25) is 0 Å². The first-order chi connectivity index (χ1) is 7.15. The first kappa shape index (κ1) is 10.6. The maximum absolute atomic E-state index is 4.22. The highest BCUT2D eigenvalue weighted by atomic mass is 15.4. The molecule has 1 aliphatic rings. The molecule has 0 aliphatic carbocycles. The molecule has 1 fully saturated rings. The van der Waals surface area contributed by atoms with Crippen LogP contribution in [0.2, 0.25) is 0 Å². The van der Waals surface area contributed by atoms with E-state index in [1.807, 2.05) is 4.68 Å². The molecular formula is C11H20N4. The van der Waals surface area contributed by atoms with Crippen molar-refractivity contribution in [3.05, 3.63) is 11.9 Å². The van der Waals surface area contributed by atoms with Gasteiger partial charge in [0.1, 0.15) is 0 Å². The molecule has 0 spiro atoms. The summed E-state index contributed by atoms with van der Waals surface area (Å²) >= 11 is 0. The van der Waals surface area contributed by atoms with E-state index < -0.39 is 0 Å². The molecule has 0 radical (unpaired) electrons. The topological polar surface area (TPSA) is 34.0 Å². The molecule has 2 rings (SSSR count). The van der Waals surface area contributed by atoms with Crippen LogP contribution in [0.25, 0.3) is 0 Å².